The third kappa shape index (κ3) is 3.13. The van der Waals surface area contributed by atoms with E-state index in [0.29, 0.717) is 22.3 Å². The first-order valence-corrected chi connectivity index (χ1v) is 6.82. The van der Waals surface area contributed by atoms with Gasteiger partial charge in [-0.3, -0.25) is 0 Å². The lowest BCUT2D eigenvalue weighted by Gasteiger charge is -2.08. The van der Waals surface area contributed by atoms with Crippen LogP contribution >= 0.6 is 23.8 Å². The van der Waals surface area contributed by atoms with Gasteiger partial charge in [-0.1, -0.05) is 25.4 Å². The van der Waals surface area contributed by atoms with Crippen LogP contribution in [0, 0.1) is 10.7 Å². The smallest absolute Gasteiger partial charge is 0.178 e. The topological polar surface area (TPSA) is 29.9 Å². The maximum Gasteiger partial charge on any atom is 0.178 e. The number of aromatic amines is 1. The van der Waals surface area contributed by atoms with E-state index in [-0.39, 0.29) is 0 Å². The number of fused-ring (bicyclic) bond motifs is 1. The highest BCUT2D eigenvalue weighted by Crippen LogP contribution is 2.19. The second-order valence-electron chi connectivity index (χ2n) is 4.71. The van der Waals surface area contributed by atoms with E-state index in [0.717, 1.165) is 24.2 Å². The van der Waals surface area contributed by atoms with Crippen molar-refractivity contribution in [2.75, 3.05) is 13.2 Å². The lowest BCUT2D eigenvalue weighted by Crippen LogP contribution is -2.09. The molecule has 0 fully saturated rings. The fraction of sp³-hybridized carbons (Fsp3) is 0.462. The highest BCUT2D eigenvalue weighted by molar-refractivity contribution is 7.71. The molecule has 0 aliphatic rings. The third-order valence-corrected chi connectivity index (χ3v) is 3.20. The Morgan fingerprint density at radius 2 is 2.22 bits per heavy atom. The maximum absolute atomic E-state index is 5.95. The molecule has 2 rings (SSSR count). The summed E-state index contributed by atoms with van der Waals surface area (Å²) in [5, 5.41) is 0.710. The standard InChI is InChI=1S/C13H17ClN2OS/c1-9(2)8-17-6-5-16-12-4-3-10(14)7-11(12)15-13(16)18/h3-4,7,9H,5-6,8H2,1-2H3,(H,15,18). The summed E-state index contributed by atoms with van der Waals surface area (Å²) < 4.78 is 8.34. The maximum atomic E-state index is 5.95. The van der Waals surface area contributed by atoms with Gasteiger partial charge in [0.05, 0.1) is 17.6 Å². The first-order chi connectivity index (χ1) is 8.58. The van der Waals surface area contributed by atoms with Gasteiger partial charge in [0.1, 0.15) is 0 Å². The van der Waals surface area contributed by atoms with E-state index in [2.05, 4.69) is 18.8 Å². The summed E-state index contributed by atoms with van der Waals surface area (Å²) in [7, 11) is 0. The van der Waals surface area contributed by atoms with Gasteiger partial charge in [0.25, 0.3) is 0 Å². The van der Waals surface area contributed by atoms with Crippen LogP contribution in [0.2, 0.25) is 5.02 Å². The molecule has 1 aromatic carbocycles. The van der Waals surface area contributed by atoms with Crippen molar-refractivity contribution in [1.29, 1.82) is 0 Å². The SMILES string of the molecule is CC(C)COCCn1c(=S)[nH]c2cc(Cl)ccc21. The largest absolute Gasteiger partial charge is 0.379 e. The van der Waals surface area contributed by atoms with Crippen molar-refractivity contribution in [2.45, 2.75) is 20.4 Å². The number of nitrogens with zero attached hydrogens (tertiary/aromatic N) is 1. The van der Waals surface area contributed by atoms with E-state index < -0.39 is 0 Å². The molecule has 0 radical (unpaired) electrons. The first-order valence-electron chi connectivity index (χ1n) is 6.03. The molecule has 3 nitrogen and oxygen atoms in total. The van der Waals surface area contributed by atoms with Crippen LogP contribution in [0.5, 0.6) is 0 Å². The zero-order chi connectivity index (χ0) is 13.1. The van der Waals surface area contributed by atoms with E-state index in [1.807, 2.05) is 22.8 Å². The fourth-order valence-electron chi connectivity index (χ4n) is 1.83. The first kappa shape index (κ1) is 13.6. The van der Waals surface area contributed by atoms with Crippen molar-refractivity contribution < 1.29 is 4.74 Å². The van der Waals surface area contributed by atoms with Gasteiger partial charge in [-0.25, -0.2) is 0 Å². The van der Waals surface area contributed by atoms with E-state index in [4.69, 9.17) is 28.6 Å². The summed E-state index contributed by atoms with van der Waals surface area (Å²) in [6, 6.07) is 5.74. The lowest BCUT2D eigenvalue weighted by molar-refractivity contribution is 0.103. The van der Waals surface area contributed by atoms with E-state index in [1.165, 1.54) is 0 Å². The van der Waals surface area contributed by atoms with Gasteiger partial charge in [-0.05, 0) is 36.3 Å². The van der Waals surface area contributed by atoms with Crippen molar-refractivity contribution in [3.8, 4) is 0 Å². The molecule has 1 aromatic heterocycles. The molecular weight excluding hydrogens is 268 g/mol. The minimum Gasteiger partial charge on any atom is -0.379 e. The van der Waals surface area contributed by atoms with Crippen LogP contribution in [0.1, 0.15) is 13.8 Å². The Balaban J connectivity index is 2.13. The normalized spacial score (nSPS) is 11.6. The van der Waals surface area contributed by atoms with Gasteiger partial charge in [0.15, 0.2) is 4.77 Å². The predicted molar refractivity (Wildman–Crippen MR) is 77.8 cm³/mol. The zero-order valence-electron chi connectivity index (χ0n) is 10.6. The van der Waals surface area contributed by atoms with Crippen molar-refractivity contribution in [1.82, 2.24) is 9.55 Å². The quantitative estimate of drug-likeness (QED) is 0.664. The van der Waals surface area contributed by atoms with Crippen LogP contribution in [-0.4, -0.2) is 22.8 Å². The summed E-state index contributed by atoms with van der Waals surface area (Å²) >= 11 is 11.3. The molecular formula is C13H17ClN2OS. The highest BCUT2D eigenvalue weighted by atomic mass is 35.5. The molecule has 0 saturated carbocycles. The van der Waals surface area contributed by atoms with Gasteiger partial charge in [0.2, 0.25) is 0 Å². The number of imidazole rings is 1. The average Bonchev–Trinajstić information content (AvgIpc) is 2.59. The molecule has 1 N–H and O–H groups in total. The Morgan fingerprint density at radius 1 is 1.44 bits per heavy atom. The molecule has 0 aliphatic carbocycles. The Hall–Kier alpha value is -0.840. The van der Waals surface area contributed by atoms with E-state index in [9.17, 15) is 0 Å². The van der Waals surface area contributed by atoms with Gasteiger partial charge < -0.3 is 14.3 Å². The molecule has 0 spiro atoms. The summed E-state index contributed by atoms with van der Waals surface area (Å²) in [4.78, 5) is 3.16. The molecule has 1 heterocycles. The number of rotatable bonds is 5. The number of nitrogens with one attached hydrogen (secondary N) is 1. The number of hydrogen-bond donors (Lipinski definition) is 1. The van der Waals surface area contributed by atoms with Gasteiger partial charge in [0, 0.05) is 18.2 Å². The number of ether oxygens (including phenoxy) is 1. The lowest BCUT2D eigenvalue weighted by atomic mass is 10.2. The van der Waals surface area contributed by atoms with Crippen LogP contribution in [0.4, 0.5) is 0 Å². The van der Waals surface area contributed by atoms with Crippen LogP contribution in [0.15, 0.2) is 18.2 Å². The molecule has 0 saturated heterocycles. The van der Waals surface area contributed by atoms with Gasteiger partial charge >= 0.3 is 0 Å². The van der Waals surface area contributed by atoms with Crippen molar-refractivity contribution in [2.24, 2.45) is 5.92 Å². The second-order valence-corrected chi connectivity index (χ2v) is 5.54. The second kappa shape index (κ2) is 5.87. The highest BCUT2D eigenvalue weighted by Gasteiger charge is 2.04. The molecule has 2 aromatic rings. The van der Waals surface area contributed by atoms with E-state index >= 15 is 0 Å². The molecule has 5 heteroatoms. The average molecular weight is 285 g/mol. The monoisotopic (exact) mass is 284 g/mol. The molecule has 0 atom stereocenters. The zero-order valence-corrected chi connectivity index (χ0v) is 12.1. The number of halogens is 1. The van der Waals surface area contributed by atoms with Crippen molar-refractivity contribution in [3.05, 3.63) is 28.0 Å². The molecule has 0 aliphatic heterocycles. The Labute approximate surface area is 117 Å². The summed E-state index contributed by atoms with van der Waals surface area (Å²) in [6.07, 6.45) is 0. The summed E-state index contributed by atoms with van der Waals surface area (Å²) in [6.45, 7) is 6.48. The minimum atomic E-state index is 0.555. The molecule has 0 bridgehead atoms. The molecule has 18 heavy (non-hydrogen) atoms. The Morgan fingerprint density at radius 3 is 2.94 bits per heavy atom. The minimum absolute atomic E-state index is 0.555. The fourth-order valence-corrected chi connectivity index (χ4v) is 2.30. The summed E-state index contributed by atoms with van der Waals surface area (Å²) in [5.41, 5.74) is 2.04. The van der Waals surface area contributed by atoms with Crippen molar-refractivity contribution in [3.63, 3.8) is 0 Å². The Bertz CT molecular complexity index is 588. The van der Waals surface area contributed by atoms with E-state index in [1.54, 1.807) is 0 Å². The van der Waals surface area contributed by atoms with Crippen LogP contribution < -0.4 is 0 Å². The molecule has 0 amide bonds. The van der Waals surface area contributed by atoms with Crippen LogP contribution in [0.25, 0.3) is 11.0 Å². The predicted octanol–water partition coefficient (Wildman–Crippen LogP) is 4.02. The number of benzene rings is 1. The van der Waals surface area contributed by atoms with Crippen LogP contribution in [0.3, 0.4) is 0 Å². The van der Waals surface area contributed by atoms with Crippen molar-refractivity contribution >= 4 is 34.9 Å². The molecule has 0 unspecified atom stereocenters. The third-order valence-electron chi connectivity index (χ3n) is 2.65. The number of H-pyrrole nitrogens is 1. The van der Waals surface area contributed by atoms with Crippen LogP contribution in [-0.2, 0) is 11.3 Å². The van der Waals surface area contributed by atoms with Gasteiger partial charge in [-0.15, -0.1) is 0 Å². The number of aromatic nitrogens is 2. The number of hydrogen-bond acceptors (Lipinski definition) is 2. The Kier molecular flexibility index (Phi) is 4.43. The summed E-state index contributed by atoms with van der Waals surface area (Å²) in [5.74, 6) is 0.555. The van der Waals surface area contributed by atoms with Gasteiger partial charge in [-0.2, -0.15) is 0 Å². The molecule has 98 valence electrons.